The molecule has 0 aromatic heterocycles. The minimum absolute atomic E-state index is 0.0769. The summed E-state index contributed by atoms with van der Waals surface area (Å²) in [4.78, 5) is 10.7. The fraction of sp³-hybridized carbons (Fsp3) is 0.571. The van der Waals surface area contributed by atoms with Crippen molar-refractivity contribution in [1.29, 1.82) is 0 Å². The van der Waals surface area contributed by atoms with Gasteiger partial charge < -0.3 is 10.1 Å². The molecule has 1 N–H and O–H groups in total. The number of hydrogen-bond acceptors (Lipinski definition) is 5. The Morgan fingerprint density at radius 3 is 2.50 bits per heavy atom. The molecule has 0 aliphatic rings. The van der Waals surface area contributed by atoms with Crippen LogP contribution in [0.5, 0.6) is 5.75 Å². The van der Waals surface area contributed by atoms with E-state index in [4.69, 9.17) is 4.74 Å². The largest absolute Gasteiger partial charge is 0.497 e. The summed E-state index contributed by atoms with van der Waals surface area (Å²) < 4.78 is 5.23. The maximum Gasteiger partial charge on any atom is 0.292 e. The van der Waals surface area contributed by atoms with Crippen LogP contribution in [-0.4, -0.2) is 29.6 Å². The quantitative estimate of drug-likeness (QED) is 0.582. The zero-order valence-electron chi connectivity index (χ0n) is 12.4. The number of nitrogens with one attached hydrogen (secondary N) is 1. The molecule has 112 valence electrons. The van der Waals surface area contributed by atoms with Gasteiger partial charge in [0.1, 0.15) is 11.4 Å². The van der Waals surface area contributed by atoms with Crippen LogP contribution in [-0.2, 0) is 0 Å². The summed E-state index contributed by atoms with van der Waals surface area (Å²) in [5.74, 6) is 0.612. The minimum atomic E-state index is -0.375. The van der Waals surface area contributed by atoms with Crippen LogP contribution >= 0.6 is 11.8 Å². The van der Waals surface area contributed by atoms with Gasteiger partial charge in [0, 0.05) is 23.4 Å². The first-order chi connectivity index (χ1) is 9.51. The number of ether oxygens (including phenoxy) is 1. The van der Waals surface area contributed by atoms with Crippen molar-refractivity contribution >= 4 is 23.1 Å². The van der Waals surface area contributed by atoms with Crippen LogP contribution in [0.15, 0.2) is 18.2 Å². The molecule has 20 heavy (non-hydrogen) atoms. The van der Waals surface area contributed by atoms with E-state index in [1.54, 1.807) is 31.0 Å². The van der Waals surface area contributed by atoms with Crippen LogP contribution in [0.1, 0.15) is 26.7 Å². The van der Waals surface area contributed by atoms with E-state index in [0.29, 0.717) is 18.0 Å². The normalized spacial score (nSPS) is 11.2. The average Bonchev–Trinajstić information content (AvgIpc) is 2.48. The van der Waals surface area contributed by atoms with Gasteiger partial charge >= 0.3 is 0 Å². The lowest BCUT2D eigenvalue weighted by molar-refractivity contribution is -0.384. The molecule has 0 bridgehead atoms. The van der Waals surface area contributed by atoms with Crippen molar-refractivity contribution in [3.05, 3.63) is 28.3 Å². The molecule has 0 unspecified atom stereocenters. The third kappa shape index (κ3) is 3.79. The summed E-state index contributed by atoms with van der Waals surface area (Å²) in [6.07, 6.45) is 4.10. The van der Waals surface area contributed by atoms with Crippen molar-refractivity contribution < 1.29 is 9.66 Å². The van der Waals surface area contributed by atoms with E-state index in [2.05, 4.69) is 25.4 Å². The molecular weight excluding hydrogens is 276 g/mol. The van der Waals surface area contributed by atoms with Crippen molar-refractivity contribution in [3.8, 4) is 5.75 Å². The second-order valence-electron chi connectivity index (χ2n) is 4.59. The number of thioether (sulfide) groups is 1. The molecule has 0 aliphatic heterocycles. The van der Waals surface area contributed by atoms with Crippen molar-refractivity contribution in [2.24, 2.45) is 0 Å². The van der Waals surface area contributed by atoms with Crippen LogP contribution in [0.25, 0.3) is 0 Å². The Labute approximate surface area is 124 Å². The highest BCUT2D eigenvalue weighted by molar-refractivity contribution is 8.00. The molecule has 5 nitrogen and oxygen atoms in total. The van der Waals surface area contributed by atoms with Gasteiger partial charge in [0.05, 0.1) is 12.0 Å². The molecule has 0 spiro atoms. The Balaban J connectivity index is 2.98. The van der Waals surface area contributed by atoms with Gasteiger partial charge in [-0.2, -0.15) is 11.8 Å². The second kappa shape index (κ2) is 7.38. The van der Waals surface area contributed by atoms with Crippen LogP contribution in [0.3, 0.4) is 0 Å². The summed E-state index contributed by atoms with van der Waals surface area (Å²) in [5.41, 5.74) is 0.586. The van der Waals surface area contributed by atoms with Gasteiger partial charge in [0.2, 0.25) is 0 Å². The molecule has 0 radical (unpaired) electrons. The third-order valence-electron chi connectivity index (χ3n) is 3.72. The van der Waals surface area contributed by atoms with E-state index < -0.39 is 0 Å². The molecule has 1 aromatic rings. The molecule has 0 saturated heterocycles. The maximum atomic E-state index is 11.1. The highest BCUT2D eigenvalue weighted by Crippen LogP contribution is 2.33. The summed E-state index contributed by atoms with van der Waals surface area (Å²) in [6, 6.07) is 4.75. The van der Waals surface area contributed by atoms with Crippen LogP contribution in [0, 0.1) is 10.1 Å². The van der Waals surface area contributed by atoms with Gasteiger partial charge in [-0.3, -0.25) is 10.1 Å². The number of nitro groups is 1. The van der Waals surface area contributed by atoms with E-state index >= 15 is 0 Å². The standard InChI is InChI=1S/C14H22N2O3S/c1-5-14(6-2,20-4)10-15-12-9-11(19-3)7-8-13(12)16(17)18/h7-9,15H,5-6,10H2,1-4H3. The lowest BCUT2D eigenvalue weighted by Gasteiger charge is -2.30. The van der Waals surface area contributed by atoms with Crippen molar-refractivity contribution in [2.45, 2.75) is 31.4 Å². The zero-order valence-corrected chi connectivity index (χ0v) is 13.3. The van der Waals surface area contributed by atoms with Crippen LogP contribution < -0.4 is 10.1 Å². The lowest BCUT2D eigenvalue weighted by atomic mass is 10.0. The predicted molar refractivity (Wildman–Crippen MR) is 85.0 cm³/mol. The second-order valence-corrected chi connectivity index (χ2v) is 5.86. The van der Waals surface area contributed by atoms with Crippen molar-refractivity contribution in [2.75, 3.05) is 25.2 Å². The monoisotopic (exact) mass is 298 g/mol. The lowest BCUT2D eigenvalue weighted by Crippen LogP contribution is -2.32. The predicted octanol–water partition coefficient (Wildman–Crippen LogP) is 3.94. The van der Waals surface area contributed by atoms with Gasteiger partial charge in [0.15, 0.2) is 0 Å². The molecule has 1 aromatic carbocycles. The Hall–Kier alpha value is -1.43. The first-order valence-corrected chi connectivity index (χ1v) is 7.85. The number of benzene rings is 1. The molecular formula is C14H22N2O3S. The molecule has 1 rings (SSSR count). The van der Waals surface area contributed by atoms with Crippen molar-refractivity contribution in [1.82, 2.24) is 0 Å². The van der Waals surface area contributed by atoms with E-state index in [1.165, 1.54) is 6.07 Å². The molecule has 0 fully saturated rings. The van der Waals surface area contributed by atoms with Gasteiger partial charge in [0.25, 0.3) is 5.69 Å². The first-order valence-electron chi connectivity index (χ1n) is 6.63. The Morgan fingerprint density at radius 2 is 2.05 bits per heavy atom. The van der Waals surface area contributed by atoms with Crippen LogP contribution in [0.4, 0.5) is 11.4 Å². The zero-order chi connectivity index (χ0) is 15.2. The molecule has 0 heterocycles. The van der Waals surface area contributed by atoms with E-state index in [9.17, 15) is 10.1 Å². The minimum Gasteiger partial charge on any atom is -0.497 e. The van der Waals surface area contributed by atoms with E-state index in [0.717, 1.165) is 12.8 Å². The Bertz CT molecular complexity index is 453. The smallest absolute Gasteiger partial charge is 0.292 e. The Morgan fingerprint density at radius 1 is 1.40 bits per heavy atom. The number of hydrogen-bond donors (Lipinski definition) is 1. The highest BCUT2D eigenvalue weighted by atomic mass is 32.2. The topological polar surface area (TPSA) is 64.4 Å². The van der Waals surface area contributed by atoms with Gasteiger partial charge in [-0.25, -0.2) is 0 Å². The number of nitrogens with zero attached hydrogens (tertiary/aromatic N) is 1. The molecule has 0 saturated carbocycles. The number of methoxy groups -OCH3 is 1. The third-order valence-corrected chi connectivity index (χ3v) is 5.31. The number of anilines is 1. The number of rotatable bonds is 8. The fourth-order valence-corrected chi connectivity index (χ4v) is 2.85. The first kappa shape index (κ1) is 16.6. The van der Waals surface area contributed by atoms with E-state index in [-0.39, 0.29) is 15.4 Å². The van der Waals surface area contributed by atoms with Gasteiger partial charge in [-0.1, -0.05) is 13.8 Å². The summed E-state index contributed by atoms with van der Waals surface area (Å²) in [7, 11) is 1.55. The summed E-state index contributed by atoms with van der Waals surface area (Å²) in [6.45, 7) is 4.97. The Kier molecular flexibility index (Phi) is 6.13. The van der Waals surface area contributed by atoms with Crippen molar-refractivity contribution in [3.63, 3.8) is 0 Å². The van der Waals surface area contributed by atoms with Gasteiger partial charge in [-0.15, -0.1) is 0 Å². The summed E-state index contributed by atoms with van der Waals surface area (Å²) >= 11 is 1.80. The molecule has 0 aliphatic carbocycles. The summed E-state index contributed by atoms with van der Waals surface area (Å²) in [5, 5.41) is 14.3. The molecule has 6 heteroatoms. The average molecular weight is 298 g/mol. The maximum absolute atomic E-state index is 11.1. The molecule has 0 amide bonds. The number of nitro benzene ring substituents is 1. The SMILES string of the molecule is CCC(CC)(CNc1cc(OC)ccc1[N+](=O)[O-])SC. The fourth-order valence-electron chi connectivity index (χ4n) is 2.06. The van der Waals surface area contributed by atoms with Gasteiger partial charge in [-0.05, 0) is 25.2 Å². The van der Waals surface area contributed by atoms with Crippen LogP contribution in [0.2, 0.25) is 0 Å². The molecule has 0 atom stereocenters. The van der Waals surface area contributed by atoms with E-state index in [1.807, 2.05) is 0 Å². The highest BCUT2D eigenvalue weighted by Gasteiger charge is 2.26.